The van der Waals surface area contributed by atoms with E-state index in [1.807, 2.05) is 6.07 Å². The average Bonchev–Trinajstić information content (AvgIpc) is 2.25. The van der Waals surface area contributed by atoms with Crippen LogP contribution in [0.25, 0.3) is 0 Å². The minimum absolute atomic E-state index is 0.388. The molecule has 16 heavy (non-hydrogen) atoms. The molecule has 0 spiro atoms. The summed E-state index contributed by atoms with van der Waals surface area (Å²) in [5.41, 5.74) is 0. The molecule has 2 N–H and O–H groups in total. The molecule has 0 atom stereocenters. The first-order valence-corrected chi connectivity index (χ1v) is 6.04. The number of hydrogen-bond donors (Lipinski definition) is 2. The zero-order valence-electron chi connectivity index (χ0n) is 10.7. The number of hydrogen-bond acceptors (Lipinski definition) is 4. The summed E-state index contributed by atoms with van der Waals surface area (Å²) in [5, 5.41) is 6.60. The SMILES string of the molecule is CCCNc1cc(NC(C)C)nc(CC)n1. The quantitative estimate of drug-likeness (QED) is 0.777. The van der Waals surface area contributed by atoms with Crippen LogP contribution in [0.2, 0.25) is 0 Å². The van der Waals surface area contributed by atoms with Crippen LogP contribution in [0.5, 0.6) is 0 Å². The minimum Gasteiger partial charge on any atom is -0.370 e. The van der Waals surface area contributed by atoms with Crippen molar-refractivity contribution < 1.29 is 0 Å². The minimum atomic E-state index is 0.388. The van der Waals surface area contributed by atoms with Crippen molar-refractivity contribution in [3.8, 4) is 0 Å². The molecule has 0 saturated carbocycles. The van der Waals surface area contributed by atoms with Crippen molar-refractivity contribution >= 4 is 11.6 Å². The normalized spacial score (nSPS) is 10.6. The third-order valence-electron chi connectivity index (χ3n) is 2.08. The van der Waals surface area contributed by atoms with Crippen LogP contribution in [0.3, 0.4) is 0 Å². The topological polar surface area (TPSA) is 49.8 Å². The van der Waals surface area contributed by atoms with Gasteiger partial charge in [0.05, 0.1) is 0 Å². The molecule has 0 aliphatic carbocycles. The van der Waals surface area contributed by atoms with Gasteiger partial charge in [-0.2, -0.15) is 0 Å². The summed E-state index contributed by atoms with van der Waals surface area (Å²) < 4.78 is 0. The molecule has 0 saturated heterocycles. The molecule has 1 aromatic rings. The Hall–Kier alpha value is -1.32. The van der Waals surface area contributed by atoms with Gasteiger partial charge in [-0.3, -0.25) is 0 Å². The fourth-order valence-corrected chi connectivity index (χ4v) is 1.37. The Morgan fingerprint density at radius 3 is 2.44 bits per heavy atom. The third kappa shape index (κ3) is 4.04. The Morgan fingerprint density at radius 1 is 1.19 bits per heavy atom. The van der Waals surface area contributed by atoms with Crippen molar-refractivity contribution in [2.75, 3.05) is 17.2 Å². The summed E-state index contributed by atoms with van der Waals surface area (Å²) in [6.45, 7) is 9.36. The lowest BCUT2D eigenvalue weighted by Crippen LogP contribution is -2.13. The monoisotopic (exact) mass is 222 g/mol. The predicted octanol–water partition coefficient (Wildman–Crippen LogP) is 2.68. The molecule has 0 aromatic carbocycles. The van der Waals surface area contributed by atoms with E-state index in [1.165, 1.54) is 0 Å². The summed E-state index contributed by atoms with van der Waals surface area (Å²) in [7, 11) is 0. The second-order valence-electron chi connectivity index (χ2n) is 4.13. The van der Waals surface area contributed by atoms with E-state index in [0.717, 1.165) is 36.8 Å². The van der Waals surface area contributed by atoms with Crippen molar-refractivity contribution in [2.45, 2.75) is 46.6 Å². The van der Waals surface area contributed by atoms with Crippen molar-refractivity contribution in [1.82, 2.24) is 9.97 Å². The number of rotatable bonds is 6. The second-order valence-corrected chi connectivity index (χ2v) is 4.13. The average molecular weight is 222 g/mol. The fraction of sp³-hybridized carbons (Fsp3) is 0.667. The van der Waals surface area contributed by atoms with E-state index in [9.17, 15) is 0 Å². The third-order valence-corrected chi connectivity index (χ3v) is 2.08. The van der Waals surface area contributed by atoms with Crippen molar-refractivity contribution in [3.05, 3.63) is 11.9 Å². The Kier molecular flexibility index (Phi) is 5.02. The van der Waals surface area contributed by atoms with Gasteiger partial charge in [-0.15, -0.1) is 0 Å². The van der Waals surface area contributed by atoms with Gasteiger partial charge in [0.2, 0.25) is 0 Å². The molecule has 0 unspecified atom stereocenters. The molecule has 1 heterocycles. The van der Waals surface area contributed by atoms with Gasteiger partial charge >= 0.3 is 0 Å². The van der Waals surface area contributed by atoms with Gasteiger partial charge in [-0.05, 0) is 20.3 Å². The molecule has 0 aliphatic heterocycles. The van der Waals surface area contributed by atoms with Crippen LogP contribution in [0.1, 0.15) is 39.9 Å². The number of aromatic nitrogens is 2. The van der Waals surface area contributed by atoms with Gasteiger partial charge in [0.15, 0.2) is 0 Å². The van der Waals surface area contributed by atoms with E-state index < -0.39 is 0 Å². The standard InChI is InChI=1S/C12H22N4/c1-5-7-13-11-8-12(14-9(3)4)16-10(6-2)15-11/h8-9H,5-7H2,1-4H3,(H2,13,14,15,16). The highest BCUT2D eigenvalue weighted by atomic mass is 15.1. The van der Waals surface area contributed by atoms with E-state index >= 15 is 0 Å². The molecule has 0 bridgehead atoms. The van der Waals surface area contributed by atoms with E-state index in [0.29, 0.717) is 6.04 Å². The molecular formula is C12H22N4. The first-order chi connectivity index (χ1) is 7.65. The Balaban J connectivity index is 2.82. The lowest BCUT2D eigenvalue weighted by Gasteiger charge is -2.12. The van der Waals surface area contributed by atoms with Crippen molar-refractivity contribution in [2.24, 2.45) is 0 Å². The van der Waals surface area contributed by atoms with Crippen LogP contribution in [0.4, 0.5) is 11.6 Å². The van der Waals surface area contributed by atoms with Crippen LogP contribution < -0.4 is 10.6 Å². The lowest BCUT2D eigenvalue weighted by atomic mass is 10.3. The highest BCUT2D eigenvalue weighted by Crippen LogP contribution is 2.12. The fourth-order valence-electron chi connectivity index (χ4n) is 1.37. The Bertz CT molecular complexity index is 323. The molecule has 90 valence electrons. The molecule has 0 fully saturated rings. The summed E-state index contributed by atoms with van der Waals surface area (Å²) in [6, 6.07) is 2.35. The van der Waals surface area contributed by atoms with Gasteiger partial charge in [-0.1, -0.05) is 13.8 Å². The molecule has 4 nitrogen and oxygen atoms in total. The second kappa shape index (κ2) is 6.30. The van der Waals surface area contributed by atoms with E-state index in [1.54, 1.807) is 0 Å². The van der Waals surface area contributed by atoms with Gasteiger partial charge in [0.25, 0.3) is 0 Å². The smallest absolute Gasteiger partial charge is 0.132 e. The van der Waals surface area contributed by atoms with Gasteiger partial charge in [0, 0.05) is 25.1 Å². The van der Waals surface area contributed by atoms with Crippen molar-refractivity contribution in [3.63, 3.8) is 0 Å². The zero-order chi connectivity index (χ0) is 12.0. The molecule has 4 heteroatoms. The predicted molar refractivity (Wildman–Crippen MR) is 68.9 cm³/mol. The molecule has 1 aromatic heterocycles. The highest BCUT2D eigenvalue weighted by molar-refractivity contribution is 5.47. The summed E-state index contributed by atoms with van der Waals surface area (Å²) in [4.78, 5) is 8.87. The molecule has 0 aliphatic rings. The summed E-state index contributed by atoms with van der Waals surface area (Å²) in [6.07, 6.45) is 1.95. The van der Waals surface area contributed by atoms with Gasteiger partial charge in [0.1, 0.15) is 17.5 Å². The Morgan fingerprint density at radius 2 is 1.88 bits per heavy atom. The maximum Gasteiger partial charge on any atom is 0.132 e. The van der Waals surface area contributed by atoms with Crippen LogP contribution >= 0.6 is 0 Å². The van der Waals surface area contributed by atoms with E-state index in [4.69, 9.17) is 0 Å². The molecule has 1 rings (SSSR count). The number of anilines is 2. The van der Waals surface area contributed by atoms with Crippen LogP contribution in [0.15, 0.2) is 6.07 Å². The molecule has 0 amide bonds. The maximum atomic E-state index is 4.44. The van der Waals surface area contributed by atoms with E-state index in [2.05, 4.69) is 48.3 Å². The largest absolute Gasteiger partial charge is 0.370 e. The molecular weight excluding hydrogens is 200 g/mol. The van der Waals surface area contributed by atoms with Crippen LogP contribution in [-0.4, -0.2) is 22.6 Å². The van der Waals surface area contributed by atoms with Gasteiger partial charge in [-0.25, -0.2) is 9.97 Å². The van der Waals surface area contributed by atoms with Crippen LogP contribution in [0, 0.1) is 0 Å². The highest BCUT2D eigenvalue weighted by Gasteiger charge is 2.03. The number of aryl methyl sites for hydroxylation is 1. The first-order valence-electron chi connectivity index (χ1n) is 6.04. The lowest BCUT2D eigenvalue weighted by molar-refractivity contribution is 0.865. The number of nitrogens with one attached hydrogen (secondary N) is 2. The number of nitrogens with zero attached hydrogens (tertiary/aromatic N) is 2. The summed E-state index contributed by atoms with van der Waals surface area (Å²) in [5.74, 6) is 2.70. The van der Waals surface area contributed by atoms with E-state index in [-0.39, 0.29) is 0 Å². The zero-order valence-corrected chi connectivity index (χ0v) is 10.7. The first kappa shape index (κ1) is 12.7. The van der Waals surface area contributed by atoms with Gasteiger partial charge < -0.3 is 10.6 Å². The Labute approximate surface area is 97.9 Å². The summed E-state index contributed by atoms with van der Waals surface area (Å²) >= 11 is 0. The maximum absolute atomic E-state index is 4.44. The van der Waals surface area contributed by atoms with Crippen LogP contribution in [-0.2, 0) is 6.42 Å². The van der Waals surface area contributed by atoms with Crippen molar-refractivity contribution in [1.29, 1.82) is 0 Å². The molecule has 0 radical (unpaired) electrons.